The maximum absolute atomic E-state index is 13.9. The van der Waals surface area contributed by atoms with E-state index >= 15 is 0 Å². The van der Waals surface area contributed by atoms with E-state index in [0.29, 0.717) is 5.75 Å². The summed E-state index contributed by atoms with van der Waals surface area (Å²) in [7, 11) is -0.326. The van der Waals surface area contributed by atoms with E-state index < -0.39 is 29.0 Å². The second-order valence-electron chi connectivity index (χ2n) is 9.56. The number of carbonyl (C=O) groups excluding carboxylic acids is 1. The van der Waals surface area contributed by atoms with Crippen molar-refractivity contribution in [1.29, 1.82) is 0 Å². The van der Waals surface area contributed by atoms with E-state index in [1.165, 1.54) is 23.6 Å². The molecule has 7 heteroatoms. The largest absolute Gasteiger partial charge is 0.481 e. The Bertz CT molecular complexity index is 1510. The minimum atomic E-state index is -1.61. The van der Waals surface area contributed by atoms with Crippen molar-refractivity contribution < 1.29 is 27.4 Å². The predicted octanol–water partition coefficient (Wildman–Crippen LogP) is 7.57. The Kier molecular flexibility index (Phi) is 8.91. The molecular weight excluding hydrogens is 533 g/mol. The molecule has 0 spiro atoms. The van der Waals surface area contributed by atoms with Gasteiger partial charge in [0.2, 0.25) is 0 Å². The van der Waals surface area contributed by atoms with Crippen molar-refractivity contribution in [3.8, 4) is 17.6 Å². The molecule has 0 aliphatic heterocycles. The maximum Gasteiger partial charge on any atom is 0.345 e. The van der Waals surface area contributed by atoms with Crippen molar-refractivity contribution >= 4 is 16.9 Å². The van der Waals surface area contributed by atoms with Crippen LogP contribution < -0.4 is 4.74 Å². The van der Waals surface area contributed by atoms with E-state index in [-0.39, 0.29) is 23.1 Å². The molecule has 0 aliphatic rings. The Hall–Kier alpha value is -4.15. The van der Waals surface area contributed by atoms with Crippen LogP contribution in [0.25, 0.3) is 0 Å². The minimum absolute atomic E-state index is 0.326. The van der Waals surface area contributed by atoms with Crippen LogP contribution in [0.15, 0.2) is 99.6 Å². The van der Waals surface area contributed by atoms with Crippen molar-refractivity contribution in [2.45, 2.75) is 48.0 Å². The van der Waals surface area contributed by atoms with E-state index in [1.807, 2.05) is 50.2 Å². The van der Waals surface area contributed by atoms with Gasteiger partial charge in [0.05, 0.1) is 16.5 Å². The topological polar surface area (TPSA) is 35.5 Å². The molecule has 40 heavy (non-hydrogen) atoms. The lowest BCUT2D eigenvalue weighted by Crippen LogP contribution is -2.29. The summed E-state index contributed by atoms with van der Waals surface area (Å²) in [6, 6.07) is 26.5. The zero-order valence-corrected chi connectivity index (χ0v) is 23.4. The monoisotopic (exact) mass is 561 g/mol. The third-order valence-corrected chi connectivity index (χ3v) is 8.06. The highest BCUT2D eigenvalue weighted by Gasteiger charge is 2.30. The Labute approximate surface area is 235 Å². The molecule has 4 aromatic carbocycles. The molecule has 0 aliphatic carbocycles. The molecule has 0 radical (unpaired) electrons. The summed E-state index contributed by atoms with van der Waals surface area (Å²) in [5, 5.41) is 0. The molecule has 0 saturated heterocycles. The Morgan fingerprint density at radius 3 is 1.90 bits per heavy atom. The average molecular weight is 562 g/mol. The number of carbonyl (C=O) groups is 1. The second kappa shape index (κ2) is 12.4. The van der Waals surface area contributed by atoms with Gasteiger partial charge in [-0.15, -0.1) is 0 Å². The molecule has 0 fully saturated rings. The lowest BCUT2D eigenvalue weighted by atomic mass is 10.1. The molecule has 0 bridgehead atoms. The molecule has 204 valence electrons. The lowest BCUT2D eigenvalue weighted by molar-refractivity contribution is -0.154. The number of halogens is 3. The van der Waals surface area contributed by atoms with Gasteiger partial charge in [-0.2, -0.15) is 0 Å². The number of hydrogen-bond donors (Lipinski definition) is 0. The summed E-state index contributed by atoms with van der Waals surface area (Å²) in [6.07, 6.45) is 0. The SMILES string of the molecule is Cc1cc([S+](c2ccccc2)c2ccccc2)cc(C)c1OCC(=O)OC(C)(C)C#Cc1ccc(F)c(F)c1F. The summed E-state index contributed by atoms with van der Waals surface area (Å²) in [5.74, 6) is 0.600. The summed E-state index contributed by atoms with van der Waals surface area (Å²) in [6.45, 7) is 6.51. The summed E-state index contributed by atoms with van der Waals surface area (Å²) < 4.78 is 51.8. The standard InChI is InChI=1S/C33H28F3O3S/c1-22-19-27(40(25-11-7-5-8-12-25)26-13-9-6-10-14-26)20-23(2)32(22)38-21-29(37)39-33(3,4)18-17-24-15-16-28(34)31(36)30(24)35/h5-16,19-20H,21H2,1-4H3/q+1. The van der Waals surface area contributed by atoms with Crippen LogP contribution in [0.2, 0.25) is 0 Å². The van der Waals surface area contributed by atoms with Crippen LogP contribution in [0.5, 0.6) is 5.75 Å². The van der Waals surface area contributed by atoms with Gasteiger partial charge in [0, 0.05) is 12.1 Å². The van der Waals surface area contributed by atoms with Gasteiger partial charge < -0.3 is 9.47 Å². The Balaban J connectivity index is 1.49. The average Bonchev–Trinajstić information content (AvgIpc) is 2.92. The van der Waals surface area contributed by atoms with Gasteiger partial charge in [-0.1, -0.05) is 48.2 Å². The van der Waals surface area contributed by atoms with Crippen molar-refractivity contribution in [3.63, 3.8) is 0 Å². The number of benzene rings is 4. The fourth-order valence-electron chi connectivity index (χ4n) is 4.09. The van der Waals surface area contributed by atoms with E-state index in [0.717, 1.165) is 28.2 Å². The molecule has 3 nitrogen and oxygen atoms in total. The summed E-state index contributed by atoms with van der Waals surface area (Å²) in [5.41, 5.74) is 0.0847. The van der Waals surface area contributed by atoms with Crippen LogP contribution in [0.1, 0.15) is 30.5 Å². The first-order valence-electron chi connectivity index (χ1n) is 12.5. The molecule has 0 amide bonds. The third kappa shape index (κ3) is 6.88. The van der Waals surface area contributed by atoms with Crippen LogP contribution in [0.3, 0.4) is 0 Å². The maximum atomic E-state index is 13.9. The first-order chi connectivity index (χ1) is 19.1. The minimum Gasteiger partial charge on any atom is -0.481 e. The third-order valence-electron chi connectivity index (χ3n) is 5.86. The molecule has 0 atom stereocenters. The van der Waals surface area contributed by atoms with Gasteiger partial charge in [0.25, 0.3) is 0 Å². The van der Waals surface area contributed by atoms with Crippen molar-refractivity contribution in [2.24, 2.45) is 0 Å². The van der Waals surface area contributed by atoms with Gasteiger partial charge >= 0.3 is 5.97 Å². The molecule has 0 saturated carbocycles. The van der Waals surface area contributed by atoms with Gasteiger partial charge in [-0.25, -0.2) is 18.0 Å². The van der Waals surface area contributed by atoms with Crippen LogP contribution in [0.4, 0.5) is 13.2 Å². The van der Waals surface area contributed by atoms with E-state index in [9.17, 15) is 18.0 Å². The van der Waals surface area contributed by atoms with Crippen molar-refractivity contribution in [3.05, 3.63) is 119 Å². The van der Waals surface area contributed by atoms with Crippen LogP contribution in [0, 0.1) is 43.1 Å². The van der Waals surface area contributed by atoms with Gasteiger partial charge in [-0.3, -0.25) is 0 Å². The number of hydrogen-bond acceptors (Lipinski definition) is 3. The molecule has 4 aromatic rings. The van der Waals surface area contributed by atoms with Gasteiger partial charge in [-0.05, 0) is 75.2 Å². The number of ether oxygens (including phenoxy) is 2. The highest BCUT2D eigenvalue weighted by Crippen LogP contribution is 2.35. The highest BCUT2D eigenvalue weighted by atomic mass is 32.2. The van der Waals surface area contributed by atoms with Crippen molar-refractivity contribution in [1.82, 2.24) is 0 Å². The molecule has 4 rings (SSSR count). The fraction of sp³-hybridized carbons (Fsp3) is 0.182. The molecule has 0 heterocycles. The molecular formula is C33H28F3O3S+. The quantitative estimate of drug-likeness (QED) is 0.101. The van der Waals surface area contributed by atoms with E-state index in [1.54, 1.807) is 0 Å². The zero-order valence-electron chi connectivity index (χ0n) is 22.6. The fourth-order valence-corrected chi connectivity index (χ4v) is 6.35. The highest BCUT2D eigenvalue weighted by molar-refractivity contribution is 7.97. The first-order valence-corrected chi connectivity index (χ1v) is 13.7. The van der Waals surface area contributed by atoms with Gasteiger partial charge in [0.15, 0.2) is 44.3 Å². The lowest BCUT2D eigenvalue weighted by Gasteiger charge is -2.20. The van der Waals surface area contributed by atoms with E-state index in [4.69, 9.17) is 9.47 Å². The molecule has 0 N–H and O–H groups in total. The zero-order chi connectivity index (χ0) is 28.9. The molecule has 0 aromatic heterocycles. The second-order valence-corrected chi connectivity index (χ2v) is 11.6. The normalized spacial score (nSPS) is 11.1. The van der Waals surface area contributed by atoms with Gasteiger partial charge in [0.1, 0.15) is 5.75 Å². The first kappa shape index (κ1) is 28.8. The number of aryl methyl sites for hydroxylation is 2. The van der Waals surface area contributed by atoms with Crippen LogP contribution >= 0.6 is 0 Å². The number of rotatable bonds is 7. The van der Waals surface area contributed by atoms with E-state index in [2.05, 4.69) is 48.2 Å². The van der Waals surface area contributed by atoms with Crippen LogP contribution in [-0.2, 0) is 20.4 Å². The summed E-state index contributed by atoms with van der Waals surface area (Å²) >= 11 is 0. The Morgan fingerprint density at radius 1 is 0.800 bits per heavy atom. The smallest absolute Gasteiger partial charge is 0.345 e. The Morgan fingerprint density at radius 2 is 1.35 bits per heavy atom. The van der Waals surface area contributed by atoms with Crippen molar-refractivity contribution in [2.75, 3.05) is 6.61 Å². The number of esters is 1. The molecule has 0 unspecified atom stereocenters. The summed E-state index contributed by atoms with van der Waals surface area (Å²) in [4.78, 5) is 16.1. The predicted molar refractivity (Wildman–Crippen MR) is 150 cm³/mol. The van der Waals surface area contributed by atoms with Crippen LogP contribution in [-0.4, -0.2) is 18.2 Å².